The monoisotopic (exact) mass is 1190 g/mol. The summed E-state index contributed by atoms with van der Waals surface area (Å²) >= 11 is 6.41. The van der Waals surface area contributed by atoms with Crippen LogP contribution in [0.3, 0.4) is 0 Å². The number of pyridine rings is 5. The van der Waals surface area contributed by atoms with Gasteiger partial charge in [0.25, 0.3) is 0 Å². The highest BCUT2D eigenvalue weighted by Gasteiger charge is 2.10. The number of benzene rings is 5. The number of hydrogen-bond acceptors (Lipinski definition) is 17. The molecule has 0 fully saturated rings. The lowest BCUT2D eigenvalue weighted by Crippen LogP contribution is -1.91. The van der Waals surface area contributed by atoms with Gasteiger partial charge in [0.2, 0.25) is 0 Å². The van der Waals surface area contributed by atoms with E-state index < -0.39 is 0 Å². The zero-order chi connectivity index (χ0) is 58.5. The van der Waals surface area contributed by atoms with E-state index in [-0.39, 0.29) is 0 Å². The third kappa shape index (κ3) is 16.4. The molecule has 0 bridgehead atoms. The summed E-state index contributed by atoms with van der Waals surface area (Å²) < 4.78 is 0. The van der Waals surface area contributed by atoms with Gasteiger partial charge in [0.05, 0.1) is 56.3 Å². The highest BCUT2D eigenvalue weighted by atomic mass is 32.1. The Labute approximate surface area is 515 Å². The van der Waals surface area contributed by atoms with Gasteiger partial charge in [-0.3, -0.25) is 19.9 Å². The molecular weight excluding hydrogens is 1140 g/mol. The van der Waals surface area contributed by atoms with Crippen LogP contribution >= 0.6 is 45.3 Å². The summed E-state index contributed by atoms with van der Waals surface area (Å²) in [5.74, 6) is 0.819. The Balaban J connectivity index is 0.000000120. The second-order valence-corrected chi connectivity index (χ2v) is 22.8. The van der Waals surface area contributed by atoms with E-state index in [1.54, 1.807) is 63.9 Å². The number of thiazole rings is 4. The van der Waals surface area contributed by atoms with Crippen LogP contribution in [0.5, 0.6) is 0 Å². The SMILES string of the molecule is Cc1ccc(Nc2ncc(-c3ccccc3)s2)nc1.Cc1cccc(Nc2nc(-c3ccnc(-c4ccccc4)c3)cs2)c1.c1ccc(-c2ccc(Nc3ncc(-c4cccnc4)s3)cn2)cc1.c1ccc(-c2csc(Nc3cccnc3)n2)cc1. The third-order valence-corrected chi connectivity index (χ3v) is 16.1. The van der Waals surface area contributed by atoms with Crippen molar-refractivity contribution in [2.75, 3.05) is 21.3 Å². The minimum Gasteiger partial charge on any atom is -0.332 e. The maximum absolute atomic E-state index is 4.72. The molecule has 0 aliphatic rings. The molecule has 0 unspecified atom stereocenters. The first-order chi connectivity index (χ1) is 42.4. The minimum atomic E-state index is 0.819. The van der Waals surface area contributed by atoms with Gasteiger partial charge in [0.15, 0.2) is 20.5 Å². The van der Waals surface area contributed by atoms with E-state index in [4.69, 9.17) is 4.98 Å². The van der Waals surface area contributed by atoms with Crippen molar-refractivity contribution < 1.29 is 0 Å². The Morgan fingerprint density at radius 2 is 0.849 bits per heavy atom. The maximum atomic E-state index is 4.72. The molecule has 9 aromatic heterocycles. The highest BCUT2D eigenvalue weighted by molar-refractivity contribution is 7.19. The molecule has 420 valence electrons. The lowest BCUT2D eigenvalue weighted by Gasteiger charge is -2.04. The first-order valence-corrected chi connectivity index (χ1v) is 30.6. The standard InChI is InChI=1S/C21H17N3S.C19H14N4S.C15H13N3S.C14H11N3S/c1-15-6-5-9-18(12-15)23-21-24-20(14-25-21)17-10-11-22-19(13-17)16-7-3-2-4-8-16;1-2-5-14(6-3-1)17-9-8-16(12-21-17)23-19-22-13-18(24-19)15-7-4-10-20-11-15;1-11-7-8-14(16-9-11)18-15-17-10-13(19-15)12-5-3-2-4-6-12;1-2-5-11(6-3-1)13-10-18-14(17-13)16-12-7-4-8-15-9-12/h2-14H,1H3,(H,23,24);1-13H,(H,22,23);2-10H,1H3,(H,16,17,18);1-10H,(H,16,17). The maximum Gasteiger partial charge on any atom is 0.188 e. The molecule has 86 heavy (non-hydrogen) atoms. The van der Waals surface area contributed by atoms with Crippen LogP contribution < -0.4 is 21.3 Å². The molecule has 0 saturated carbocycles. The first kappa shape index (κ1) is 57.4. The van der Waals surface area contributed by atoms with Crippen molar-refractivity contribution in [2.45, 2.75) is 13.8 Å². The summed E-state index contributed by atoms with van der Waals surface area (Å²) in [6.07, 6.45) is 16.4. The molecule has 17 heteroatoms. The third-order valence-electron chi connectivity index (χ3n) is 12.6. The zero-order valence-electron chi connectivity index (χ0n) is 46.6. The Bertz CT molecular complexity index is 4300. The number of rotatable bonds is 14. The fraction of sp³-hybridized carbons (Fsp3) is 0.0290. The Kier molecular flexibility index (Phi) is 19.5. The summed E-state index contributed by atoms with van der Waals surface area (Å²) in [4.78, 5) is 41.8. The average Bonchev–Trinajstić information content (AvgIpc) is 4.62. The van der Waals surface area contributed by atoms with Crippen LogP contribution in [0.15, 0.2) is 273 Å². The summed E-state index contributed by atoms with van der Waals surface area (Å²) in [5, 5.41) is 20.7. The lowest BCUT2D eigenvalue weighted by molar-refractivity contribution is 1.25. The van der Waals surface area contributed by atoms with Gasteiger partial charge in [0, 0.05) is 87.6 Å². The van der Waals surface area contributed by atoms with Crippen LogP contribution in [0.2, 0.25) is 0 Å². The van der Waals surface area contributed by atoms with Gasteiger partial charge in [-0.1, -0.05) is 168 Å². The number of aromatic nitrogens is 9. The molecular formula is C69H55N13S4. The molecule has 0 amide bonds. The van der Waals surface area contributed by atoms with Crippen molar-refractivity contribution in [1.82, 2.24) is 44.9 Å². The van der Waals surface area contributed by atoms with Crippen LogP contribution in [0.1, 0.15) is 11.1 Å². The summed E-state index contributed by atoms with van der Waals surface area (Å²) in [6.45, 7) is 4.11. The molecule has 0 saturated heterocycles. The van der Waals surface area contributed by atoms with Gasteiger partial charge in [0.1, 0.15) is 5.82 Å². The van der Waals surface area contributed by atoms with Crippen LogP contribution in [0.25, 0.3) is 65.9 Å². The van der Waals surface area contributed by atoms with E-state index in [0.29, 0.717) is 0 Å². The Morgan fingerprint density at radius 1 is 0.302 bits per heavy atom. The van der Waals surface area contributed by atoms with Crippen molar-refractivity contribution in [1.29, 1.82) is 0 Å². The fourth-order valence-corrected chi connectivity index (χ4v) is 11.5. The minimum absolute atomic E-state index is 0.819. The Morgan fingerprint density at radius 3 is 1.44 bits per heavy atom. The topological polar surface area (TPSA) is 164 Å². The number of nitrogens with zero attached hydrogens (tertiary/aromatic N) is 9. The molecule has 9 heterocycles. The van der Waals surface area contributed by atoms with Gasteiger partial charge < -0.3 is 21.3 Å². The van der Waals surface area contributed by atoms with E-state index in [1.807, 2.05) is 189 Å². The summed E-state index contributed by atoms with van der Waals surface area (Å²) in [6, 6.07) is 68.9. The molecule has 0 atom stereocenters. The second kappa shape index (κ2) is 29.2. The molecule has 14 aromatic rings. The molecule has 5 aromatic carbocycles. The van der Waals surface area contributed by atoms with Crippen LogP contribution in [0, 0.1) is 13.8 Å². The molecule has 0 aliphatic carbocycles. The van der Waals surface area contributed by atoms with Gasteiger partial charge in [-0.05, 0) is 91.2 Å². The number of hydrogen-bond donors (Lipinski definition) is 4. The van der Waals surface area contributed by atoms with Gasteiger partial charge >= 0.3 is 0 Å². The normalized spacial score (nSPS) is 10.4. The molecule has 0 radical (unpaired) electrons. The van der Waals surface area contributed by atoms with Crippen molar-refractivity contribution in [3.8, 4) is 65.9 Å². The van der Waals surface area contributed by atoms with Gasteiger partial charge in [-0.15, -0.1) is 22.7 Å². The summed E-state index contributed by atoms with van der Waals surface area (Å²) in [7, 11) is 0. The van der Waals surface area contributed by atoms with Gasteiger partial charge in [-0.25, -0.2) is 24.9 Å². The van der Waals surface area contributed by atoms with Crippen molar-refractivity contribution >= 4 is 88.8 Å². The lowest BCUT2D eigenvalue weighted by atomic mass is 10.1. The molecule has 13 nitrogen and oxygen atoms in total. The van der Waals surface area contributed by atoms with Crippen LogP contribution in [-0.4, -0.2) is 44.9 Å². The van der Waals surface area contributed by atoms with Crippen molar-refractivity contribution in [3.63, 3.8) is 0 Å². The Hall–Kier alpha value is -10.4. The predicted octanol–water partition coefficient (Wildman–Crippen LogP) is 19.1. The smallest absolute Gasteiger partial charge is 0.188 e. The van der Waals surface area contributed by atoms with E-state index in [9.17, 15) is 0 Å². The summed E-state index contributed by atoms with van der Waals surface area (Å²) in [5.41, 5.74) is 15.8. The van der Waals surface area contributed by atoms with Crippen LogP contribution in [0.4, 0.5) is 43.4 Å². The largest absolute Gasteiger partial charge is 0.332 e. The fourth-order valence-electron chi connectivity index (χ4n) is 8.36. The first-order valence-electron chi connectivity index (χ1n) is 27.2. The van der Waals surface area contributed by atoms with E-state index >= 15 is 0 Å². The highest BCUT2D eigenvalue weighted by Crippen LogP contribution is 2.33. The van der Waals surface area contributed by atoms with E-state index in [0.717, 1.165) is 109 Å². The molecule has 14 rings (SSSR count). The zero-order valence-corrected chi connectivity index (χ0v) is 49.9. The number of anilines is 8. The van der Waals surface area contributed by atoms with Crippen molar-refractivity contribution in [3.05, 3.63) is 284 Å². The van der Waals surface area contributed by atoms with E-state index in [1.165, 1.54) is 11.1 Å². The number of nitrogens with one attached hydrogen (secondary N) is 4. The molecule has 0 spiro atoms. The van der Waals surface area contributed by atoms with Gasteiger partial charge in [-0.2, -0.15) is 0 Å². The quantitative estimate of drug-likeness (QED) is 0.0814. The molecule has 0 aliphatic heterocycles. The number of aryl methyl sites for hydroxylation is 2. The van der Waals surface area contributed by atoms with E-state index in [2.05, 4.69) is 140 Å². The molecule has 4 N–H and O–H groups in total. The second-order valence-electron chi connectivity index (χ2n) is 19.0. The van der Waals surface area contributed by atoms with Crippen molar-refractivity contribution in [2.24, 2.45) is 0 Å². The predicted molar refractivity (Wildman–Crippen MR) is 358 cm³/mol. The average molecular weight is 1190 g/mol. The van der Waals surface area contributed by atoms with Crippen LogP contribution in [-0.2, 0) is 0 Å².